The Morgan fingerprint density at radius 1 is 1.17 bits per heavy atom. The Hall–Kier alpha value is -2.36. The Morgan fingerprint density at radius 3 is 2.45 bits per heavy atom. The number of halogens is 6. The van der Waals surface area contributed by atoms with Crippen LogP contribution in [0.5, 0.6) is 0 Å². The lowest BCUT2D eigenvalue weighted by Gasteiger charge is -2.32. The number of nitrogens with zero attached hydrogens (tertiary/aromatic N) is 1. The summed E-state index contributed by atoms with van der Waals surface area (Å²) in [5.74, 6) is -0.743. The first-order chi connectivity index (χ1) is 13.5. The van der Waals surface area contributed by atoms with Crippen molar-refractivity contribution in [2.24, 2.45) is 0 Å². The van der Waals surface area contributed by atoms with E-state index < -0.39 is 47.2 Å². The molecule has 0 bridgehead atoms. The van der Waals surface area contributed by atoms with Crippen LogP contribution in [0.3, 0.4) is 0 Å². The second-order valence-corrected chi connectivity index (χ2v) is 6.88. The van der Waals surface area contributed by atoms with Crippen molar-refractivity contribution in [2.75, 3.05) is 6.54 Å². The number of hydrogen-bond acceptors (Lipinski definition) is 4. The standard InChI is InChI=1S/C19H18F6N2O2/c1-10(28)29-17(14-7-2-3-8-26-14)12-9-15(19(23,24)25)27-16-11(12)5-4-6-13(16)18(20,21)22/h4-6,9,14,17,26H,2-3,7-8H2,1H3/t14-,17+/m1/s1. The molecule has 2 heterocycles. The van der Waals surface area contributed by atoms with Crippen molar-refractivity contribution in [3.05, 3.63) is 41.1 Å². The lowest BCUT2D eigenvalue weighted by atomic mass is 9.91. The van der Waals surface area contributed by atoms with Gasteiger partial charge >= 0.3 is 18.3 Å². The topological polar surface area (TPSA) is 51.2 Å². The summed E-state index contributed by atoms with van der Waals surface area (Å²) >= 11 is 0. The highest BCUT2D eigenvalue weighted by Gasteiger charge is 2.39. The first-order valence-electron chi connectivity index (χ1n) is 8.97. The third-order valence-electron chi connectivity index (χ3n) is 4.78. The van der Waals surface area contributed by atoms with Crippen molar-refractivity contribution in [2.45, 2.75) is 50.7 Å². The average molecular weight is 420 g/mol. The number of piperidine rings is 1. The van der Waals surface area contributed by atoms with Gasteiger partial charge in [-0.2, -0.15) is 26.3 Å². The molecule has 2 aromatic rings. The monoisotopic (exact) mass is 420 g/mol. The summed E-state index contributed by atoms with van der Waals surface area (Å²) in [4.78, 5) is 14.9. The summed E-state index contributed by atoms with van der Waals surface area (Å²) in [5, 5.41) is 2.96. The number of para-hydroxylation sites is 1. The minimum absolute atomic E-state index is 0.133. The molecule has 0 amide bonds. The number of pyridine rings is 1. The van der Waals surface area contributed by atoms with Gasteiger partial charge in [-0.25, -0.2) is 4.98 Å². The lowest BCUT2D eigenvalue weighted by Crippen LogP contribution is -2.40. The van der Waals surface area contributed by atoms with E-state index in [4.69, 9.17) is 4.74 Å². The van der Waals surface area contributed by atoms with Crippen LogP contribution in [0.2, 0.25) is 0 Å². The fraction of sp³-hybridized carbons (Fsp3) is 0.474. The van der Waals surface area contributed by atoms with E-state index in [2.05, 4.69) is 10.3 Å². The predicted octanol–water partition coefficient (Wildman–Crippen LogP) is 5.02. The molecule has 1 N–H and O–H groups in total. The Morgan fingerprint density at radius 2 is 1.90 bits per heavy atom. The maximum absolute atomic E-state index is 13.4. The number of benzene rings is 1. The molecule has 158 valence electrons. The van der Waals surface area contributed by atoms with Crippen molar-refractivity contribution in [3.8, 4) is 0 Å². The van der Waals surface area contributed by atoms with Crippen LogP contribution in [0.25, 0.3) is 10.9 Å². The van der Waals surface area contributed by atoms with Crippen LogP contribution in [0.15, 0.2) is 24.3 Å². The molecule has 29 heavy (non-hydrogen) atoms. The van der Waals surface area contributed by atoms with Gasteiger partial charge < -0.3 is 10.1 Å². The minimum atomic E-state index is -4.97. The molecule has 2 atom stereocenters. The Kier molecular flexibility index (Phi) is 5.75. The van der Waals surface area contributed by atoms with Crippen LogP contribution in [-0.2, 0) is 21.9 Å². The quantitative estimate of drug-likeness (QED) is 0.560. The number of carbonyl (C=O) groups excluding carboxylic acids is 1. The zero-order chi connectivity index (χ0) is 21.4. The largest absolute Gasteiger partial charge is 0.456 e. The fourth-order valence-corrected chi connectivity index (χ4v) is 3.56. The molecular weight excluding hydrogens is 402 g/mol. The van der Waals surface area contributed by atoms with Gasteiger partial charge in [0.1, 0.15) is 11.8 Å². The molecule has 3 rings (SSSR count). The van der Waals surface area contributed by atoms with Crippen molar-refractivity contribution in [3.63, 3.8) is 0 Å². The number of nitrogens with one attached hydrogen (secondary N) is 1. The van der Waals surface area contributed by atoms with E-state index in [0.29, 0.717) is 25.1 Å². The van der Waals surface area contributed by atoms with E-state index in [9.17, 15) is 31.1 Å². The van der Waals surface area contributed by atoms with Gasteiger partial charge in [0, 0.05) is 23.9 Å². The third kappa shape index (κ3) is 4.63. The number of carbonyl (C=O) groups is 1. The number of rotatable bonds is 3. The molecule has 0 unspecified atom stereocenters. The van der Waals surface area contributed by atoms with Crippen molar-refractivity contribution >= 4 is 16.9 Å². The summed E-state index contributed by atoms with van der Waals surface area (Å²) in [6.45, 7) is 1.66. The zero-order valence-corrected chi connectivity index (χ0v) is 15.3. The van der Waals surface area contributed by atoms with Crippen LogP contribution in [0.1, 0.15) is 49.1 Å². The summed E-state index contributed by atoms with van der Waals surface area (Å²) in [5.41, 5.74) is -3.72. The van der Waals surface area contributed by atoms with Gasteiger partial charge in [-0.3, -0.25) is 4.79 Å². The summed E-state index contributed by atoms with van der Waals surface area (Å²) in [7, 11) is 0. The highest BCUT2D eigenvalue weighted by atomic mass is 19.4. The molecule has 0 spiro atoms. The van der Waals surface area contributed by atoms with E-state index in [-0.39, 0.29) is 10.9 Å². The second-order valence-electron chi connectivity index (χ2n) is 6.88. The molecule has 1 aliphatic heterocycles. The van der Waals surface area contributed by atoms with E-state index in [1.807, 2.05) is 0 Å². The highest BCUT2D eigenvalue weighted by Crippen LogP contribution is 2.40. The second kappa shape index (κ2) is 7.81. The van der Waals surface area contributed by atoms with Crippen LogP contribution >= 0.6 is 0 Å². The number of alkyl halides is 6. The molecule has 4 nitrogen and oxygen atoms in total. The first-order valence-corrected chi connectivity index (χ1v) is 8.97. The molecular formula is C19H18F6N2O2. The molecule has 1 fully saturated rings. The van der Waals surface area contributed by atoms with Gasteiger partial charge in [0.15, 0.2) is 0 Å². The molecule has 1 saturated heterocycles. The maximum atomic E-state index is 13.4. The van der Waals surface area contributed by atoms with Gasteiger partial charge in [0.2, 0.25) is 0 Å². The molecule has 10 heteroatoms. The molecule has 1 aromatic carbocycles. The van der Waals surface area contributed by atoms with Gasteiger partial charge in [-0.1, -0.05) is 18.6 Å². The first kappa shape index (κ1) is 21.4. The molecule has 0 aliphatic carbocycles. The molecule has 0 radical (unpaired) electrons. The summed E-state index contributed by atoms with van der Waals surface area (Å²) < 4.78 is 85.8. The summed E-state index contributed by atoms with van der Waals surface area (Å²) in [6.07, 6.45) is -8.95. The van der Waals surface area contributed by atoms with E-state index in [1.165, 1.54) is 6.07 Å². The van der Waals surface area contributed by atoms with Gasteiger partial charge in [0.25, 0.3) is 0 Å². The minimum Gasteiger partial charge on any atom is -0.456 e. The smallest absolute Gasteiger partial charge is 0.433 e. The van der Waals surface area contributed by atoms with Crippen LogP contribution < -0.4 is 5.32 Å². The van der Waals surface area contributed by atoms with E-state index in [0.717, 1.165) is 25.8 Å². The van der Waals surface area contributed by atoms with Crippen LogP contribution in [-0.4, -0.2) is 23.5 Å². The normalized spacial score (nSPS) is 19.2. The van der Waals surface area contributed by atoms with Crippen molar-refractivity contribution in [1.29, 1.82) is 0 Å². The zero-order valence-electron chi connectivity index (χ0n) is 15.3. The van der Waals surface area contributed by atoms with Gasteiger partial charge in [-0.05, 0) is 31.5 Å². The number of aromatic nitrogens is 1. The summed E-state index contributed by atoms with van der Waals surface area (Å²) in [6, 6.07) is 3.19. The number of hydrogen-bond donors (Lipinski definition) is 1. The average Bonchev–Trinajstić information content (AvgIpc) is 2.64. The Bertz CT molecular complexity index is 904. The number of fused-ring (bicyclic) bond motifs is 1. The van der Waals surface area contributed by atoms with Gasteiger partial charge in [-0.15, -0.1) is 0 Å². The SMILES string of the molecule is CC(=O)O[C@@H](c1cc(C(F)(F)F)nc2c(C(F)(F)F)cccc12)[C@H]1CCCCN1. The van der Waals surface area contributed by atoms with Crippen molar-refractivity contribution < 1.29 is 35.9 Å². The highest BCUT2D eigenvalue weighted by molar-refractivity contribution is 5.86. The fourth-order valence-electron chi connectivity index (χ4n) is 3.56. The maximum Gasteiger partial charge on any atom is 0.433 e. The van der Waals surface area contributed by atoms with Crippen LogP contribution in [0.4, 0.5) is 26.3 Å². The molecule has 0 saturated carbocycles. The third-order valence-corrected chi connectivity index (χ3v) is 4.78. The van der Waals surface area contributed by atoms with Gasteiger partial charge in [0.05, 0.1) is 11.1 Å². The van der Waals surface area contributed by atoms with Crippen LogP contribution in [0, 0.1) is 0 Å². The Balaban J connectivity index is 2.29. The Labute approximate surface area is 162 Å². The lowest BCUT2D eigenvalue weighted by molar-refractivity contribution is -0.148. The van der Waals surface area contributed by atoms with E-state index >= 15 is 0 Å². The van der Waals surface area contributed by atoms with E-state index in [1.54, 1.807) is 0 Å². The number of ether oxygens (including phenoxy) is 1. The van der Waals surface area contributed by atoms with Crippen molar-refractivity contribution in [1.82, 2.24) is 10.3 Å². The molecule has 1 aromatic heterocycles. The molecule has 1 aliphatic rings. The predicted molar refractivity (Wildman–Crippen MR) is 91.9 cm³/mol. The number of esters is 1.